The number of nitrogens with zero attached hydrogens (tertiary/aromatic N) is 2. The van der Waals surface area contributed by atoms with Crippen LogP contribution in [0.4, 0.5) is 0 Å². The molecule has 2 aliphatic heterocycles. The molecule has 0 aliphatic carbocycles. The van der Waals surface area contributed by atoms with Gasteiger partial charge < -0.3 is 19.3 Å². The van der Waals surface area contributed by atoms with Gasteiger partial charge in [-0.1, -0.05) is 99.1 Å². The lowest BCUT2D eigenvalue weighted by Crippen LogP contribution is -2.37. The quantitative estimate of drug-likeness (QED) is 0.116. The zero-order valence-corrected chi connectivity index (χ0v) is 27.7. The average molecular weight is 667 g/mol. The second-order valence-electron chi connectivity index (χ2n) is 11.7. The van der Waals surface area contributed by atoms with Gasteiger partial charge in [0.05, 0.1) is 0 Å². The summed E-state index contributed by atoms with van der Waals surface area (Å²) in [4.78, 5) is 50.7. The molecular formula is C42H38N2O6. The molecule has 50 heavy (non-hydrogen) atoms. The maximum atomic E-state index is 12.1. The molecule has 2 amide bonds. The van der Waals surface area contributed by atoms with Gasteiger partial charge in [0, 0.05) is 50.2 Å². The molecule has 0 aromatic heterocycles. The van der Waals surface area contributed by atoms with E-state index in [0.717, 1.165) is 34.4 Å². The minimum absolute atomic E-state index is 0.0104. The minimum Gasteiger partial charge on any atom is -0.423 e. The van der Waals surface area contributed by atoms with E-state index in [1.54, 1.807) is 21.9 Å². The second kappa shape index (κ2) is 16.2. The zero-order valence-electron chi connectivity index (χ0n) is 27.7. The number of carbonyl (C=O) groups excluding carboxylic acids is 4. The van der Waals surface area contributed by atoms with Crippen molar-refractivity contribution in [2.45, 2.75) is 24.9 Å². The Bertz CT molecular complexity index is 1820. The lowest BCUT2D eigenvalue weighted by Gasteiger charge is -2.34. The van der Waals surface area contributed by atoms with E-state index in [-0.39, 0.29) is 23.7 Å². The summed E-state index contributed by atoms with van der Waals surface area (Å²) in [6.07, 6.45) is 4.95. The molecule has 0 spiro atoms. The number of ether oxygens (including phenoxy) is 2. The Morgan fingerprint density at radius 1 is 0.540 bits per heavy atom. The molecule has 0 fully saturated rings. The largest absolute Gasteiger partial charge is 0.423 e. The van der Waals surface area contributed by atoms with Crippen LogP contribution in [0.3, 0.4) is 0 Å². The van der Waals surface area contributed by atoms with Crippen LogP contribution in [-0.2, 0) is 32.3 Å². The van der Waals surface area contributed by atoms with Crippen molar-refractivity contribution in [3.8, 4) is 11.5 Å². The predicted octanol–water partition coefficient (Wildman–Crippen LogP) is 6.88. The number of esters is 2. The summed E-state index contributed by atoms with van der Waals surface area (Å²) < 4.78 is 10.4. The molecule has 0 bridgehead atoms. The van der Waals surface area contributed by atoms with Gasteiger partial charge in [-0.15, -0.1) is 0 Å². The molecule has 6 rings (SSSR count). The molecule has 8 nitrogen and oxygen atoms in total. The lowest BCUT2D eigenvalue weighted by molar-refractivity contribution is -0.129. The highest BCUT2D eigenvalue weighted by Gasteiger charge is 2.29. The van der Waals surface area contributed by atoms with Crippen LogP contribution in [0.25, 0.3) is 0 Å². The summed E-state index contributed by atoms with van der Waals surface area (Å²) in [5, 5.41) is 0. The van der Waals surface area contributed by atoms with E-state index in [9.17, 15) is 19.2 Å². The summed E-state index contributed by atoms with van der Waals surface area (Å²) in [5.41, 5.74) is 6.57. The van der Waals surface area contributed by atoms with Gasteiger partial charge in [0.25, 0.3) is 0 Å². The van der Waals surface area contributed by atoms with Crippen LogP contribution in [-0.4, -0.2) is 46.6 Å². The van der Waals surface area contributed by atoms with E-state index < -0.39 is 11.9 Å². The van der Waals surface area contributed by atoms with E-state index >= 15 is 0 Å². The van der Waals surface area contributed by atoms with Crippen molar-refractivity contribution < 1.29 is 28.7 Å². The van der Waals surface area contributed by atoms with Gasteiger partial charge in [-0.05, 0) is 69.8 Å². The first-order valence-electron chi connectivity index (χ1n) is 16.1. The van der Waals surface area contributed by atoms with Crippen LogP contribution in [0, 0.1) is 0 Å². The van der Waals surface area contributed by atoms with Crippen molar-refractivity contribution in [2.75, 3.05) is 13.1 Å². The Morgan fingerprint density at radius 3 is 1.32 bits per heavy atom. The van der Waals surface area contributed by atoms with E-state index in [0.29, 0.717) is 37.7 Å². The maximum absolute atomic E-state index is 12.1. The fourth-order valence-corrected chi connectivity index (χ4v) is 6.28. The number of fused-ring (bicyclic) bond motifs is 2. The second-order valence-corrected chi connectivity index (χ2v) is 11.7. The van der Waals surface area contributed by atoms with Gasteiger partial charge in [-0.25, -0.2) is 9.59 Å². The molecule has 252 valence electrons. The van der Waals surface area contributed by atoms with Crippen molar-refractivity contribution >= 4 is 23.8 Å². The van der Waals surface area contributed by atoms with E-state index in [1.165, 1.54) is 23.3 Å². The SMILES string of the molecule is C=CC(=O)Oc1cccc([C@@H]2CN(C(=O)C=C)Cc3ccccc32)c1.C=CC(=O)Oc1cccc([C@H]2CN(C(=O)C=C)Cc3ccccc32)c1. The Labute approximate surface area is 292 Å². The van der Waals surface area contributed by atoms with E-state index in [2.05, 4.69) is 38.4 Å². The maximum Gasteiger partial charge on any atom is 0.335 e. The number of hydrogen-bond donors (Lipinski definition) is 0. The fourth-order valence-electron chi connectivity index (χ4n) is 6.28. The number of hydrogen-bond acceptors (Lipinski definition) is 6. The summed E-state index contributed by atoms with van der Waals surface area (Å²) in [6.45, 7) is 16.3. The molecule has 0 radical (unpaired) electrons. The van der Waals surface area contributed by atoms with Gasteiger partial charge in [0.15, 0.2) is 0 Å². The minimum atomic E-state index is -0.496. The van der Waals surface area contributed by atoms with E-state index in [1.807, 2.05) is 72.8 Å². The molecule has 8 heteroatoms. The first-order valence-corrected chi connectivity index (χ1v) is 16.1. The van der Waals surface area contributed by atoms with Crippen molar-refractivity contribution in [1.82, 2.24) is 9.80 Å². The zero-order chi connectivity index (χ0) is 35.6. The third-order valence-electron chi connectivity index (χ3n) is 8.65. The molecule has 2 aliphatic rings. The Hall–Kier alpha value is -6.28. The summed E-state index contributed by atoms with van der Waals surface area (Å²) in [6, 6.07) is 31.0. The standard InChI is InChI=1S/2C21H19NO3/c2*1-3-20(23)22-13-16-8-5-6-11-18(16)19(14-22)15-9-7-10-17(12-15)25-21(24)4-2/h2*3-12,19H,1-2,13-14H2/t2*19-/m10/s1. The van der Waals surface area contributed by atoms with Crippen molar-refractivity contribution in [3.05, 3.63) is 181 Å². The summed E-state index contributed by atoms with van der Waals surface area (Å²) in [5.74, 6) is -0.219. The Kier molecular flexibility index (Phi) is 11.4. The van der Waals surface area contributed by atoms with Crippen LogP contribution in [0.5, 0.6) is 11.5 Å². The lowest BCUT2D eigenvalue weighted by atomic mass is 9.84. The fraction of sp³-hybridized carbons (Fsp3) is 0.143. The molecule has 2 atom stereocenters. The highest BCUT2D eigenvalue weighted by molar-refractivity contribution is 5.88. The molecular weight excluding hydrogens is 628 g/mol. The first-order chi connectivity index (χ1) is 24.2. The van der Waals surface area contributed by atoms with Crippen molar-refractivity contribution in [1.29, 1.82) is 0 Å². The van der Waals surface area contributed by atoms with Gasteiger partial charge in [0.1, 0.15) is 11.5 Å². The van der Waals surface area contributed by atoms with Crippen LogP contribution >= 0.6 is 0 Å². The van der Waals surface area contributed by atoms with Gasteiger partial charge >= 0.3 is 11.9 Å². The third-order valence-corrected chi connectivity index (χ3v) is 8.65. The number of benzene rings is 4. The normalized spacial score (nSPS) is 15.8. The Balaban J connectivity index is 0.000000194. The summed E-state index contributed by atoms with van der Waals surface area (Å²) >= 11 is 0. The third kappa shape index (κ3) is 8.22. The molecule has 2 heterocycles. The Morgan fingerprint density at radius 2 is 0.940 bits per heavy atom. The molecule has 4 aromatic carbocycles. The number of carbonyl (C=O) groups is 4. The van der Waals surface area contributed by atoms with Crippen molar-refractivity contribution in [2.24, 2.45) is 0 Å². The number of rotatable bonds is 8. The molecule has 0 N–H and O–H groups in total. The molecule has 0 saturated heterocycles. The van der Waals surface area contributed by atoms with Crippen LogP contribution in [0.1, 0.15) is 45.2 Å². The van der Waals surface area contributed by atoms with Crippen LogP contribution in [0.2, 0.25) is 0 Å². The topological polar surface area (TPSA) is 93.2 Å². The average Bonchev–Trinajstić information content (AvgIpc) is 3.16. The van der Waals surface area contributed by atoms with Crippen LogP contribution in [0.15, 0.2) is 148 Å². The highest BCUT2D eigenvalue weighted by atomic mass is 16.5. The first kappa shape index (κ1) is 35.0. The molecule has 4 aromatic rings. The smallest absolute Gasteiger partial charge is 0.335 e. The van der Waals surface area contributed by atoms with Crippen LogP contribution < -0.4 is 9.47 Å². The molecule has 0 saturated carbocycles. The molecule has 0 unspecified atom stereocenters. The van der Waals surface area contributed by atoms with Gasteiger partial charge in [-0.3, -0.25) is 9.59 Å². The van der Waals surface area contributed by atoms with E-state index in [4.69, 9.17) is 9.47 Å². The van der Waals surface area contributed by atoms with Gasteiger partial charge in [0.2, 0.25) is 11.8 Å². The van der Waals surface area contributed by atoms with Gasteiger partial charge in [-0.2, -0.15) is 0 Å². The predicted molar refractivity (Wildman–Crippen MR) is 192 cm³/mol. The summed E-state index contributed by atoms with van der Waals surface area (Å²) in [7, 11) is 0. The number of amides is 2. The van der Waals surface area contributed by atoms with Crippen molar-refractivity contribution in [3.63, 3.8) is 0 Å². The monoisotopic (exact) mass is 666 g/mol. The highest BCUT2D eigenvalue weighted by Crippen LogP contribution is 2.36.